The van der Waals surface area contributed by atoms with Crippen LogP contribution in [0, 0.1) is 13.8 Å². The SMILES string of the molecule is CNC(=O)C(C)N(Cc1cccc(OC)c1)C(=O)COc1ccc(C)c(C)c1. The molecule has 150 valence electrons. The number of carbonyl (C=O) groups excluding carboxylic acids is 2. The first kappa shape index (κ1) is 21.3. The van der Waals surface area contributed by atoms with Crippen LogP contribution in [0.1, 0.15) is 23.6 Å². The molecule has 1 unspecified atom stereocenters. The average molecular weight is 384 g/mol. The highest BCUT2D eigenvalue weighted by atomic mass is 16.5. The molecule has 0 heterocycles. The summed E-state index contributed by atoms with van der Waals surface area (Å²) in [4.78, 5) is 26.5. The highest BCUT2D eigenvalue weighted by Gasteiger charge is 2.26. The van der Waals surface area contributed by atoms with Crippen molar-refractivity contribution in [2.75, 3.05) is 20.8 Å². The minimum absolute atomic E-state index is 0.145. The fourth-order valence-electron chi connectivity index (χ4n) is 2.79. The monoisotopic (exact) mass is 384 g/mol. The van der Waals surface area contributed by atoms with E-state index in [0.717, 1.165) is 16.7 Å². The minimum Gasteiger partial charge on any atom is -0.497 e. The Morgan fingerprint density at radius 1 is 1.07 bits per heavy atom. The second-order valence-electron chi connectivity index (χ2n) is 6.70. The molecule has 6 heteroatoms. The molecule has 0 radical (unpaired) electrons. The Hall–Kier alpha value is -3.02. The normalized spacial score (nSPS) is 11.5. The summed E-state index contributed by atoms with van der Waals surface area (Å²) < 4.78 is 10.9. The molecule has 0 bridgehead atoms. The maximum Gasteiger partial charge on any atom is 0.261 e. The molecule has 1 atom stereocenters. The maximum atomic E-state index is 12.9. The van der Waals surface area contributed by atoms with E-state index in [4.69, 9.17) is 9.47 Å². The molecule has 0 aliphatic carbocycles. The summed E-state index contributed by atoms with van der Waals surface area (Å²) in [6.45, 7) is 5.85. The van der Waals surface area contributed by atoms with Crippen LogP contribution in [0.5, 0.6) is 11.5 Å². The fourth-order valence-corrected chi connectivity index (χ4v) is 2.79. The van der Waals surface area contributed by atoms with Crippen molar-refractivity contribution < 1.29 is 19.1 Å². The van der Waals surface area contributed by atoms with Crippen LogP contribution >= 0.6 is 0 Å². The molecule has 6 nitrogen and oxygen atoms in total. The summed E-state index contributed by atoms with van der Waals surface area (Å²) in [6, 6.07) is 12.5. The predicted molar refractivity (Wildman–Crippen MR) is 108 cm³/mol. The van der Waals surface area contributed by atoms with Gasteiger partial charge in [-0.2, -0.15) is 0 Å². The van der Waals surface area contributed by atoms with Crippen molar-refractivity contribution in [1.82, 2.24) is 10.2 Å². The Bertz CT molecular complexity index is 835. The van der Waals surface area contributed by atoms with Crippen molar-refractivity contribution in [1.29, 1.82) is 0 Å². The van der Waals surface area contributed by atoms with Crippen LogP contribution in [0.25, 0.3) is 0 Å². The van der Waals surface area contributed by atoms with E-state index in [1.165, 1.54) is 4.90 Å². The van der Waals surface area contributed by atoms with Crippen molar-refractivity contribution >= 4 is 11.8 Å². The number of likely N-dealkylation sites (N-methyl/N-ethyl adjacent to an activating group) is 1. The van der Waals surface area contributed by atoms with Crippen LogP contribution in [0.3, 0.4) is 0 Å². The smallest absolute Gasteiger partial charge is 0.261 e. The van der Waals surface area contributed by atoms with E-state index >= 15 is 0 Å². The zero-order chi connectivity index (χ0) is 20.7. The number of hydrogen-bond acceptors (Lipinski definition) is 4. The Morgan fingerprint density at radius 2 is 1.82 bits per heavy atom. The van der Waals surface area contributed by atoms with Gasteiger partial charge in [0.25, 0.3) is 5.91 Å². The first-order valence-corrected chi connectivity index (χ1v) is 9.19. The summed E-state index contributed by atoms with van der Waals surface area (Å²) in [5, 5.41) is 2.60. The third-order valence-corrected chi connectivity index (χ3v) is 4.74. The largest absolute Gasteiger partial charge is 0.497 e. The highest BCUT2D eigenvalue weighted by Crippen LogP contribution is 2.18. The zero-order valence-corrected chi connectivity index (χ0v) is 17.1. The summed E-state index contributed by atoms with van der Waals surface area (Å²) >= 11 is 0. The lowest BCUT2D eigenvalue weighted by atomic mass is 10.1. The van der Waals surface area contributed by atoms with Gasteiger partial charge in [0.05, 0.1) is 7.11 Å². The highest BCUT2D eigenvalue weighted by molar-refractivity contribution is 5.87. The molecule has 2 aromatic carbocycles. The van der Waals surface area contributed by atoms with E-state index in [0.29, 0.717) is 11.5 Å². The number of carbonyl (C=O) groups is 2. The second-order valence-corrected chi connectivity index (χ2v) is 6.70. The molecule has 0 saturated carbocycles. The number of amides is 2. The van der Waals surface area contributed by atoms with Gasteiger partial charge in [-0.1, -0.05) is 18.2 Å². The van der Waals surface area contributed by atoms with Gasteiger partial charge in [0, 0.05) is 13.6 Å². The Kier molecular flexibility index (Phi) is 7.44. The summed E-state index contributed by atoms with van der Waals surface area (Å²) in [6.07, 6.45) is 0. The lowest BCUT2D eigenvalue weighted by Gasteiger charge is -2.28. The van der Waals surface area contributed by atoms with Gasteiger partial charge in [-0.3, -0.25) is 9.59 Å². The molecule has 0 spiro atoms. The molecular formula is C22H28N2O4. The van der Waals surface area contributed by atoms with Crippen LogP contribution in [-0.2, 0) is 16.1 Å². The lowest BCUT2D eigenvalue weighted by Crippen LogP contribution is -2.48. The van der Waals surface area contributed by atoms with Gasteiger partial charge < -0.3 is 19.7 Å². The number of ether oxygens (including phenoxy) is 2. The van der Waals surface area contributed by atoms with Crippen LogP contribution in [-0.4, -0.2) is 43.5 Å². The summed E-state index contributed by atoms with van der Waals surface area (Å²) in [7, 11) is 3.14. The van der Waals surface area contributed by atoms with Crippen LogP contribution in [0.4, 0.5) is 0 Å². The predicted octanol–water partition coefficient (Wildman–Crippen LogP) is 2.85. The number of nitrogens with one attached hydrogen (secondary N) is 1. The maximum absolute atomic E-state index is 12.9. The van der Waals surface area contributed by atoms with Crippen molar-refractivity contribution in [2.45, 2.75) is 33.4 Å². The van der Waals surface area contributed by atoms with Gasteiger partial charge >= 0.3 is 0 Å². The quantitative estimate of drug-likeness (QED) is 0.760. The van der Waals surface area contributed by atoms with E-state index in [1.807, 2.05) is 56.3 Å². The molecular weight excluding hydrogens is 356 g/mol. The first-order valence-electron chi connectivity index (χ1n) is 9.19. The van der Waals surface area contributed by atoms with Crippen molar-refractivity contribution in [3.63, 3.8) is 0 Å². The second kappa shape index (κ2) is 9.78. The van der Waals surface area contributed by atoms with Crippen molar-refractivity contribution in [3.8, 4) is 11.5 Å². The molecule has 1 N–H and O–H groups in total. The number of hydrogen-bond donors (Lipinski definition) is 1. The molecule has 28 heavy (non-hydrogen) atoms. The fraction of sp³-hybridized carbons (Fsp3) is 0.364. The van der Waals surface area contributed by atoms with Crippen LogP contribution in [0.15, 0.2) is 42.5 Å². The number of methoxy groups -OCH3 is 1. The van der Waals surface area contributed by atoms with Crippen molar-refractivity contribution in [2.24, 2.45) is 0 Å². The molecule has 0 aromatic heterocycles. The number of benzene rings is 2. The third kappa shape index (κ3) is 5.49. The van der Waals surface area contributed by atoms with E-state index in [-0.39, 0.29) is 25.0 Å². The van der Waals surface area contributed by atoms with Gasteiger partial charge in [-0.05, 0) is 61.7 Å². The number of rotatable bonds is 8. The molecule has 2 aromatic rings. The van der Waals surface area contributed by atoms with E-state index in [1.54, 1.807) is 21.1 Å². The Morgan fingerprint density at radius 3 is 2.46 bits per heavy atom. The molecule has 2 amide bonds. The van der Waals surface area contributed by atoms with E-state index < -0.39 is 6.04 Å². The van der Waals surface area contributed by atoms with Gasteiger partial charge in [0.2, 0.25) is 5.91 Å². The minimum atomic E-state index is -0.632. The third-order valence-electron chi connectivity index (χ3n) is 4.74. The topological polar surface area (TPSA) is 67.9 Å². The Labute approximate surface area is 166 Å². The average Bonchev–Trinajstić information content (AvgIpc) is 2.71. The van der Waals surface area contributed by atoms with E-state index in [2.05, 4.69) is 5.32 Å². The molecule has 0 fully saturated rings. The molecule has 0 aliphatic heterocycles. The van der Waals surface area contributed by atoms with Crippen LogP contribution in [0.2, 0.25) is 0 Å². The molecule has 0 aliphatic rings. The van der Waals surface area contributed by atoms with E-state index in [9.17, 15) is 9.59 Å². The standard InChI is InChI=1S/C22H28N2O4/c1-15-9-10-20(11-16(15)2)28-14-21(25)24(17(3)22(26)23-4)13-18-7-6-8-19(12-18)27-5/h6-12,17H,13-14H2,1-5H3,(H,23,26). The van der Waals surface area contributed by atoms with Crippen LogP contribution < -0.4 is 14.8 Å². The lowest BCUT2D eigenvalue weighted by molar-refractivity contribution is -0.142. The van der Waals surface area contributed by atoms with Gasteiger partial charge in [0.1, 0.15) is 17.5 Å². The van der Waals surface area contributed by atoms with Gasteiger partial charge in [-0.15, -0.1) is 0 Å². The molecule has 2 rings (SSSR count). The Balaban J connectivity index is 2.15. The number of aryl methyl sites for hydroxylation is 2. The summed E-state index contributed by atoms with van der Waals surface area (Å²) in [5.74, 6) is 0.828. The zero-order valence-electron chi connectivity index (χ0n) is 17.1. The molecule has 0 saturated heterocycles. The van der Waals surface area contributed by atoms with Gasteiger partial charge in [-0.25, -0.2) is 0 Å². The van der Waals surface area contributed by atoms with Crippen molar-refractivity contribution in [3.05, 3.63) is 59.2 Å². The number of nitrogens with zero attached hydrogens (tertiary/aromatic N) is 1. The summed E-state index contributed by atoms with van der Waals surface area (Å²) in [5.41, 5.74) is 3.12. The first-order chi connectivity index (χ1) is 13.3. The van der Waals surface area contributed by atoms with Gasteiger partial charge in [0.15, 0.2) is 6.61 Å².